The Kier molecular flexibility index (Phi) is 10.1. The van der Waals surface area contributed by atoms with E-state index in [9.17, 15) is 4.79 Å². The number of carbonyl (C=O) groups is 1. The highest BCUT2D eigenvalue weighted by Gasteiger charge is 2.16. The van der Waals surface area contributed by atoms with Crippen LogP contribution in [0.2, 0.25) is 0 Å². The molecule has 0 heterocycles. The van der Waals surface area contributed by atoms with Crippen LogP contribution >= 0.6 is 0 Å². The summed E-state index contributed by atoms with van der Waals surface area (Å²) in [5.41, 5.74) is 2.16. The maximum atomic E-state index is 11.0. The van der Waals surface area contributed by atoms with Gasteiger partial charge in [-0.15, -0.1) is 0 Å². The number of benzene rings is 2. The Balaban J connectivity index is 1.74. The van der Waals surface area contributed by atoms with Crippen LogP contribution in [0, 0.1) is 0 Å². The molecule has 0 spiro atoms. The number of hydrogen-bond acceptors (Lipinski definition) is 5. The molecule has 2 aromatic carbocycles. The van der Waals surface area contributed by atoms with Crippen molar-refractivity contribution in [3.05, 3.63) is 84.4 Å². The Bertz CT molecular complexity index is 619. The van der Waals surface area contributed by atoms with Gasteiger partial charge in [0.2, 0.25) is 0 Å². The van der Waals surface area contributed by atoms with Gasteiger partial charge in [-0.2, -0.15) is 0 Å². The van der Waals surface area contributed by atoms with Crippen molar-refractivity contribution >= 4 is 15.5 Å². The van der Waals surface area contributed by atoms with Crippen molar-refractivity contribution in [2.24, 2.45) is 0 Å². The Morgan fingerprint density at radius 2 is 1.33 bits per heavy atom. The fourth-order valence-electron chi connectivity index (χ4n) is 2.24. The van der Waals surface area contributed by atoms with Gasteiger partial charge in [0.15, 0.2) is 0 Å². The van der Waals surface area contributed by atoms with Gasteiger partial charge < -0.3 is 18.0 Å². The first-order valence-electron chi connectivity index (χ1n) is 9.00. The van der Waals surface area contributed by atoms with Gasteiger partial charge in [-0.3, -0.25) is 0 Å². The van der Waals surface area contributed by atoms with Gasteiger partial charge in [0, 0.05) is 12.7 Å². The smallest absolute Gasteiger partial charge is 0.463 e. The third-order valence-corrected chi connectivity index (χ3v) is 5.05. The molecule has 0 radical (unpaired) electrons. The molecule has 0 unspecified atom stereocenters. The molecule has 0 saturated heterocycles. The predicted octanol–water partition coefficient (Wildman–Crippen LogP) is 3.66. The Hall–Kier alpha value is -2.25. The van der Waals surface area contributed by atoms with Crippen LogP contribution in [0.25, 0.3) is 0 Å². The number of unbranched alkanes of at least 4 members (excludes halogenated alkanes) is 1. The first-order chi connectivity index (χ1) is 13.3. The van der Waals surface area contributed by atoms with Crippen LogP contribution in [-0.4, -0.2) is 28.7 Å². The summed E-state index contributed by atoms with van der Waals surface area (Å²) < 4.78 is 22.6. The molecule has 6 heteroatoms. The lowest BCUT2D eigenvalue weighted by Crippen LogP contribution is -2.27. The summed E-state index contributed by atoms with van der Waals surface area (Å²) in [5.74, 6) is -0.402. The summed E-state index contributed by atoms with van der Waals surface area (Å²) in [6, 6.07) is 19.9. The van der Waals surface area contributed by atoms with Gasteiger partial charge in [0.1, 0.15) is 0 Å². The summed E-state index contributed by atoms with van der Waals surface area (Å²) in [7, 11) is -2.27. The minimum atomic E-state index is -2.27. The number of hydrogen-bond donors (Lipinski definition) is 0. The zero-order valence-electron chi connectivity index (χ0n) is 15.4. The molecule has 0 fully saturated rings. The van der Waals surface area contributed by atoms with E-state index in [4.69, 9.17) is 18.0 Å². The van der Waals surface area contributed by atoms with Gasteiger partial charge in [-0.1, -0.05) is 67.2 Å². The molecule has 0 aliphatic rings. The second kappa shape index (κ2) is 13.0. The van der Waals surface area contributed by atoms with Crippen LogP contribution in [0.4, 0.5) is 0 Å². The molecular formula is C21H26O5Si. The number of rotatable bonds is 13. The predicted molar refractivity (Wildman–Crippen MR) is 106 cm³/mol. The van der Waals surface area contributed by atoms with E-state index < -0.39 is 15.5 Å². The van der Waals surface area contributed by atoms with Gasteiger partial charge >= 0.3 is 15.5 Å². The molecule has 0 atom stereocenters. The van der Waals surface area contributed by atoms with Crippen molar-refractivity contribution in [1.82, 2.24) is 0 Å². The SMILES string of the molecule is C=CC(=O)OCCCCO[SiH](OCc1ccccc1)OCc1ccccc1. The summed E-state index contributed by atoms with van der Waals surface area (Å²) in [5, 5.41) is 0. The van der Waals surface area contributed by atoms with Crippen LogP contribution in [-0.2, 0) is 36.0 Å². The molecular weight excluding hydrogens is 360 g/mol. The normalized spacial score (nSPS) is 10.7. The van der Waals surface area contributed by atoms with Crippen molar-refractivity contribution in [2.45, 2.75) is 26.1 Å². The van der Waals surface area contributed by atoms with E-state index >= 15 is 0 Å². The summed E-state index contributed by atoms with van der Waals surface area (Å²) in [4.78, 5) is 11.0. The highest BCUT2D eigenvalue weighted by Crippen LogP contribution is 2.08. The van der Waals surface area contributed by atoms with E-state index in [1.165, 1.54) is 0 Å². The molecule has 5 nitrogen and oxygen atoms in total. The highest BCUT2D eigenvalue weighted by atomic mass is 28.3. The lowest BCUT2D eigenvalue weighted by Gasteiger charge is -2.17. The van der Waals surface area contributed by atoms with Crippen LogP contribution in [0.1, 0.15) is 24.0 Å². The van der Waals surface area contributed by atoms with E-state index in [0.29, 0.717) is 26.4 Å². The molecule has 0 aromatic heterocycles. The minimum Gasteiger partial charge on any atom is -0.463 e. The standard InChI is InChI=1S/C21H26O5Si/c1-2-21(22)23-15-9-10-16-24-27(25-17-19-11-5-3-6-12-19)26-18-20-13-7-4-8-14-20/h2-8,11-14,27H,1,9-10,15-18H2. The third-order valence-electron chi connectivity index (χ3n) is 3.66. The molecule has 144 valence electrons. The van der Waals surface area contributed by atoms with E-state index in [1.807, 2.05) is 60.7 Å². The van der Waals surface area contributed by atoms with Gasteiger partial charge in [-0.05, 0) is 24.0 Å². The van der Waals surface area contributed by atoms with E-state index in [0.717, 1.165) is 30.0 Å². The zero-order valence-corrected chi connectivity index (χ0v) is 16.6. The molecule has 0 N–H and O–H groups in total. The van der Waals surface area contributed by atoms with Crippen LogP contribution in [0.3, 0.4) is 0 Å². The van der Waals surface area contributed by atoms with E-state index in [1.54, 1.807) is 0 Å². The van der Waals surface area contributed by atoms with Crippen LogP contribution in [0.5, 0.6) is 0 Å². The molecule has 0 aliphatic carbocycles. The lowest BCUT2D eigenvalue weighted by atomic mass is 10.2. The quantitative estimate of drug-likeness (QED) is 0.228. The van der Waals surface area contributed by atoms with Crippen LogP contribution < -0.4 is 0 Å². The maximum Gasteiger partial charge on any atom is 0.484 e. The van der Waals surface area contributed by atoms with E-state index in [2.05, 4.69) is 6.58 Å². The molecule has 0 bridgehead atoms. The largest absolute Gasteiger partial charge is 0.484 e. The maximum absolute atomic E-state index is 11.0. The van der Waals surface area contributed by atoms with Gasteiger partial charge in [0.05, 0.1) is 19.8 Å². The summed E-state index contributed by atoms with van der Waals surface area (Å²) >= 11 is 0. The second-order valence-corrected chi connectivity index (χ2v) is 7.41. The Morgan fingerprint density at radius 1 is 0.815 bits per heavy atom. The van der Waals surface area contributed by atoms with Crippen molar-refractivity contribution < 1.29 is 22.8 Å². The summed E-state index contributed by atoms with van der Waals surface area (Å²) in [6.45, 7) is 5.15. The number of carbonyl (C=O) groups excluding carboxylic acids is 1. The fraction of sp³-hybridized carbons (Fsp3) is 0.286. The molecule has 2 aromatic rings. The van der Waals surface area contributed by atoms with Gasteiger partial charge in [0.25, 0.3) is 0 Å². The van der Waals surface area contributed by atoms with Crippen molar-refractivity contribution in [3.8, 4) is 0 Å². The third kappa shape index (κ3) is 9.30. The van der Waals surface area contributed by atoms with Crippen molar-refractivity contribution in [1.29, 1.82) is 0 Å². The van der Waals surface area contributed by atoms with Gasteiger partial charge in [-0.25, -0.2) is 4.79 Å². The first kappa shape index (κ1) is 21.1. The summed E-state index contributed by atoms with van der Waals surface area (Å²) in [6.07, 6.45) is 2.64. The zero-order chi connectivity index (χ0) is 19.2. The fourth-order valence-corrected chi connectivity index (χ4v) is 3.54. The molecule has 2 rings (SSSR count). The molecule has 0 aliphatic heterocycles. The topological polar surface area (TPSA) is 54.0 Å². The molecule has 27 heavy (non-hydrogen) atoms. The number of esters is 1. The Labute approximate surface area is 162 Å². The lowest BCUT2D eigenvalue weighted by molar-refractivity contribution is -0.137. The van der Waals surface area contributed by atoms with E-state index in [-0.39, 0.29) is 0 Å². The van der Waals surface area contributed by atoms with Crippen molar-refractivity contribution in [3.63, 3.8) is 0 Å². The van der Waals surface area contributed by atoms with Crippen molar-refractivity contribution in [2.75, 3.05) is 13.2 Å². The average Bonchev–Trinajstić information content (AvgIpc) is 2.73. The average molecular weight is 387 g/mol. The number of ether oxygens (including phenoxy) is 1. The molecule has 0 amide bonds. The minimum absolute atomic E-state index is 0.357. The van der Waals surface area contributed by atoms with Crippen LogP contribution in [0.15, 0.2) is 73.3 Å². The monoisotopic (exact) mass is 386 g/mol. The first-order valence-corrected chi connectivity index (χ1v) is 10.4. The Morgan fingerprint density at radius 3 is 1.85 bits per heavy atom. The molecule has 0 saturated carbocycles. The second-order valence-electron chi connectivity index (χ2n) is 5.83. The highest BCUT2D eigenvalue weighted by molar-refractivity contribution is 6.36.